The van der Waals surface area contributed by atoms with E-state index in [1.165, 1.54) is 12.1 Å². The van der Waals surface area contributed by atoms with Crippen molar-refractivity contribution >= 4 is 22.7 Å². The van der Waals surface area contributed by atoms with Gasteiger partial charge in [0.2, 0.25) is 0 Å². The van der Waals surface area contributed by atoms with Crippen LogP contribution in [0.25, 0.3) is 22.4 Å². The monoisotopic (exact) mass is 526 g/mol. The van der Waals surface area contributed by atoms with Crippen LogP contribution in [-0.4, -0.2) is 76.0 Å². The number of aromatic amines is 1. The van der Waals surface area contributed by atoms with Crippen molar-refractivity contribution in [2.45, 2.75) is 19.0 Å². The molecule has 1 aliphatic rings. The Morgan fingerprint density at radius 1 is 1.03 bits per heavy atom. The molecule has 1 fully saturated rings. The number of anilines is 2. The second-order valence-corrected chi connectivity index (χ2v) is 9.02. The smallest absolute Gasteiger partial charge is 0.379 e. The number of hydrogen-bond donors (Lipinski definition) is 3. The number of fused-ring (bicyclic) bond motifs is 1. The minimum absolute atomic E-state index is 0.0140. The van der Waals surface area contributed by atoms with Gasteiger partial charge in [-0.2, -0.15) is 18.3 Å². The predicted octanol–water partition coefficient (Wildman–Crippen LogP) is 4.03. The highest BCUT2D eigenvalue weighted by molar-refractivity contribution is 5.88. The van der Waals surface area contributed by atoms with Crippen molar-refractivity contribution < 1.29 is 17.9 Å². The second-order valence-electron chi connectivity index (χ2n) is 9.02. The number of H-pyrrole nitrogens is 1. The maximum absolute atomic E-state index is 13.8. The summed E-state index contributed by atoms with van der Waals surface area (Å²) in [6.45, 7) is 6.02. The zero-order valence-electron chi connectivity index (χ0n) is 20.8. The van der Waals surface area contributed by atoms with E-state index in [1.54, 1.807) is 24.4 Å². The summed E-state index contributed by atoms with van der Waals surface area (Å²) in [6.07, 6.45) is -1.54. The van der Waals surface area contributed by atoms with Gasteiger partial charge in [0.1, 0.15) is 11.6 Å². The Morgan fingerprint density at radius 3 is 2.71 bits per heavy atom. The quantitative estimate of drug-likeness (QED) is 0.266. The van der Waals surface area contributed by atoms with E-state index >= 15 is 0 Å². The van der Waals surface area contributed by atoms with Crippen LogP contribution in [-0.2, 0) is 17.3 Å². The number of morpholine rings is 1. The average molecular weight is 527 g/mol. The van der Waals surface area contributed by atoms with Gasteiger partial charge in [-0.3, -0.25) is 10.00 Å². The van der Waals surface area contributed by atoms with Gasteiger partial charge in [0.25, 0.3) is 0 Å². The first-order valence-electron chi connectivity index (χ1n) is 12.6. The van der Waals surface area contributed by atoms with E-state index in [9.17, 15) is 13.2 Å². The number of nitrogens with one attached hydrogen (secondary N) is 3. The highest BCUT2D eigenvalue weighted by Gasteiger charge is 2.34. The number of benzene rings is 1. The molecule has 12 heteroatoms. The van der Waals surface area contributed by atoms with Gasteiger partial charge < -0.3 is 15.4 Å². The van der Waals surface area contributed by atoms with Crippen molar-refractivity contribution in [2.75, 3.05) is 51.3 Å². The van der Waals surface area contributed by atoms with Gasteiger partial charge in [-0.05, 0) is 37.6 Å². The summed E-state index contributed by atoms with van der Waals surface area (Å²) in [5.41, 5.74) is 0.329. The fraction of sp³-hybridized carbons (Fsp3) is 0.385. The van der Waals surface area contributed by atoms with Crippen molar-refractivity contribution in [1.29, 1.82) is 0 Å². The Bertz CT molecular complexity index is 1350. The average Bonchev–Trinajstić information content (AvgIpc) is 3.33. The summed E-state index contributed by atoms with van der Waals surface area (Å²) in [5.74, 6) is 0.939. The molecule has 0 unspecified atom stereocenters. The summed E-state index contributed by atoms with van der Waals surface area (Å²) in [4.78, 5) is 15.5. The lowest BCUT2D eigenvalue weighted by molar-refractivity contribution is -0.137. The van der Waals surface area contributed by atoms with Crippen LogP contribution in [0.2, 0.25) is 0 Å². The highest BCUT2D eigenvalue weighted by atomic mass is 19.4. The number of rotatable bonds is 10. The van der Waals surface area contributed by atoms with Crippen molar-refractivity contribution in [3.8, 4) is 11.4 Å². The van der Waals surface area contributed by atoms with E-state index in [2.05, 4.69) is 40.7 Å². The summed E-state index contributed by atoms with van der Waals surface area (Å²) in [7, 11) is 0. The molecule has 0 spiro atoms. The Hall–Kier alpha value is -3.61. The van der Waals surface area contributed by atoms with Gasteiger partial charge in [0.15, 0.2) is 11.5 Å². The van der Waals surface area contributed by atoms with Crippen LogP contribution < -0.4 is 10.6 Å². The molecular formula is C26H29F3N8O. The summed E-state index contributed by atoms with van der Waals surface area (Å²) >= 11 is 0. The molecule has 0 amide bonds. The largest absolute Gasteiger partial charge is 0.417 e. The van der Waals surface area contributed by atoms with E-state index in [0.717, 1.165) is 63.8 Å². The molecular weight excluding hydrogens is 497 g/mol. The normalized spacial score (nSPS) is 14.7. The molecule has 0 aliphatic carbocycles. The van der Waals surface area contributed by atoms with Gasteiger partial charge in [-0.15, -0.1) is 0 Å². The molecule has 4 aromatic rings. The number of halogens is 3. The molecule has 3 aromatic heterocycles. The zero-order chi connectivity index (χ0) is 26.4. The van der Waals surface area contributed by atoms with Gasteiger partial charge in [-0.1, -0.05) is 18.2 Å². The first-order chi connectivity index (χ1) is 18.5. The topological polar surface area (TPSA) is 104 Å². The standard InChI is InChI=1S/C26H29F3N8O/c27-26(28,29)21-8-2-1-6-19(21)24-32-18(5-3-9-30-11-12-37-13-15-38-16-14-37)17-22(33-24)34-25-20-7-4-10-31-23(20)35-36-25/h1-2,4,6-8,10,17,30H,3,5,9,11-16H2,(H2,31,32,33,34,35,36). The number of alkyl halides is 3. The van der Waals surface area contributed by atoms with Gasteiger partial charge >= 0.3 is 6.18 Å². The van der Waals surface area contributed by atoms with Crippen LogP contribution in [0, 0.1) is 0 Å². The Kier molecular flexibility index (Phi) is 8.11. The lowest BCUT2D eigenvalue weighted by Gasteiger charge is -2.26. The second kappa shape index (κ2) is 11.8. The van der Waals surface area contributed by atoms with Gasteiger partial charge in [0, 0.05) is 49.7 Å². The highest BCUT2D eigenvalue weighted by Crippen LogP contribution is 2.36. The molecule has 0 bridgehead atoms. The van der Waals surface area contributed by atoms with E-state index in [1.807, 2.05) is 6.07 Å². The summed E-state index contributed by atoms with van der Waals surface area (Å²) < 4.78 is 46.7. The van der Waals surface area contributed by atoms with E-state index < -0.39 is 11.7 Å². The fourth-order valence-electron chi connectivity index (χ4n) is 4.39. The molecule has 200 valence electrons. The zero-order valence-corrected chi connectivity index (χ0v) is 20.8. The number of aromatic nitrogens is 5. The van der Waals surface area contributed by atoms with E-state index in [4.69, 9.17) is 4.74 Å². The van der Waals surface area contributed by atoms with Crippen LogP contribution in [0.5, 0.6) is 0 Å². The molecule has 5 rings (SSSR count). The lowest BCUT2D eigenvalue weighted by atomic mass is 10.1. The minimum atomic E-state index is -4.53. The third-order valence-electron chi connectivity index (χ3n) is 6.33. The van der Waals surface area contributed by atoms with Crippen molar-refractivity contribution in [1.82, 2.24) is 35.4 Å². The number of aryl methyl sites for hydroxylation is 1. The summed E-state index contributed by atoms with van der Waals surface area (Å²) in [6, 6.07) is 10.8. The molecule has 9 nitrogen and oxygen atoms in total. The molecule has 0 radical (unpaired) electrons. The Balaban J connectivity index is 1.33. The number of hydrogen-bond acceptors (Lipinski definition) is 8. The van der Waals surface area contributed by atoms with Crippen molar-refractivity contribution in [2.24, 2.45) is 0 Å². The molecule has 1 aliphatic heterocycles. The maximum atomic E-state index is 13.8. The van der Waals surface area contributed by atoms with Gasteiger partial charge in [-0.25, -0.2) is 15.0 Å². The van der Waals surface area contributed by atoms with Crippen LogP contribution >= 0.6 is 0 Å². The SMILES string of the molecule is FC(F)(F)c1ccccc1-c1nc(CCCNCCN2CCOCC2)cc(Nc2[nH]nc3ncccc23)n1. The van der Waals surface area contributed by atoms with Crippen LogP contribution in [0.4, 0.5) is 24.8 Å². The molecule has 38 heavy (non-hydrogen) atoms. The Morgan fingerprint density at radius 2 is 1.87 bits per heavy atom. The molecule has 1 saturated heterocycles. The number of pyridine rings is 1. The van der Waals surface area contributed by atoms with Crippen molar-refractivity contribution in [3.05, 3.63) is 59.9 Å². The first kappa shape index (κ1) is 26.0. The third-order valence-corrected chi connectivity index (χ3v) is 6.33. The van der Waals surface area contributed by atoms with Crippen molar-refractivity contribution in [3.63, 3.8) is 0 Å². The van der Waals surface area contributed by atoms with E-state index in [-0.39, 0.29) is 11.4 Å². The van der Waals surface area contributed by atoms with Crippen LogP contribution in [0.3, 0.4) is 0 Å². The summed E-state index contributed by atoms with van der Waals surface area (Å²) in [5, 5.41) is 14.4. The third kappa shape index (κ3) is 6.44. The lowest BCUT2D eigenvalue weighted by Crippen LogP contribution is -2.40. The Labute approximate surface area is 217 Å². The molecule has 0 atom stereocenters. The van der Waals surface area contributed by atoms with Gasteiger partial charge in [0.05, 0.1) is 24.2 Å². The van der Waals surface area contributed by atoms with Crippen LogP contribution in [0.15, 0.2) is 48.7 Å². The number of nitrogens with zero attached hydrogens (tertiary/aromatic N) is 5. The fourth-order valence-corrected chi connectivity index (χ4v) is 4.39. The first-order valence-corrected chi connectivity index (χ1v) is 12.6. The number of ether oxygens (including phenoxy) is 1. The maximum Gasteiger partial charge on any atom is 0.417 e. The van der Waals surface area contributed by atoms with Crippen LogP contribution in [0.1, 0.15) is 17.7 Å². The predicted molar refractivity (Wildman–Crippen MR) is 138 cm³/mol. The van der Waals surface area contributed by atoms with E-state index in [0.29, 0.717) is 29.4 Å². The minimum Gasteiger partial charge on any atom is -0.379 e. The molecule has 4 heterocycles. The molecule has 0 saturated carbocycles. The molecule has 3 N–H and O–H groups in total. The molecule has 1 aromatic carbocycles.